The van der Waals surface area contributed by atoms with E-state index in [1.54, 1.807) is 0 Å². The van der Waals surface area contributed by atoms with Crippen molar-refractivity contribution in [2.75, 3.05) is 6.61 Å². The molecular weight excluding hydrogens is 260 g/mol. The largest absolute Gasteiger partial charge is 0.390 e. The monoisotopic (exact) mass is 298 g/mol. The van der Waals surface area contributed by atoms with Crippen molar-refractivity contribution in [3.63, 3.8) is 0 Å². The zero-order chi connectivity index (χ0) is 15.6. The highest BCUT2D eigenvalue weighted by atomic mass is 16.5. The van der Waals surface area contributed by atoms with Crippen LogP contribution >= 0.6 is 0 Å². The third kappa shape index (κ3) is 6.69. The van der Waals surface area contributed by atoms with Crippen molar-refractivity contribution in [3.05, 3.63) is 0 Å². The van der Waals surface area contributed by atoms with Gasteiger partial charge in [-0.15, -0.1) is 0 Å². The number of unbranched alkanes of at least 4 members (excludes halogenated alkanes) is 6. The molecule has 0 aromatic carbocycles. The smallest absolute Gasteiger partial charge is 0.0940 e. The van der Waals surface area contributed by atoms with E-state index in [2.05, 4.69) is 20.8 Å². The van der Waals surface area contributed by atoms with E-state index in [0.29, 0.717) is 0 Å². The molecule has 21 heavy (non-hydrogen) atoms. The van der Waals surface area contributed by atoms with E-state index in [1.165, 1.54) is 51.4 Å². The number of aliphatic hydroxyl groups excluding tert-OH is 1. The van der Waals surface area contributed by atoms with Gasteiger partial charge in [-0.25, -0.2) is 0 Å². The first-order valence-corrected chi connectivity index (χ1v) is 9.46. The summed E-state index contributed by atoms with van der Waals surface area (Å²) in [5.41, 5.74) is -0.233. The summed E-state index contributed by atoms with van der Waals surface area (Å²) in [4.78, 5) is 0. The Morgan fingerprint density at radius 3 is 2.14 bits per heavy atom. The second-order valence-electron chi connectivity index (χ2n) is 7.11. The lowest BCUT2D eigenvalue weighted by Crippen LogP contribution is -2.47. The van der Waals surface area contributed by atoms with Crippen LogP contribution < -0.4 is 0 Å². The quantitative estimate of drug-likeness (QED) is 0.512. The summed E-state index contributed by atoms with van der Waals surface area (Å²) in [5.74, 6) is 0.796. The fraction of sp³-hybridized carbons (Fsp3) is 1.00. The topological polar surface area (TPSA) is 29.5 Å². The van der Waals surface area contributed by atoms with Gasteiger partial charge in [-0.05, 0) is 44.9 Å². The molecule has 1 atom stereocenters. The number of aliphatic hydroxyl groups is 1. The van der Waals surface area contributed by atoms with Crippen LogP contribution in [-0.2, 0) is 4.74 Å². The van der Waals surface area contributed by atoms with Crippen LogP contribution in [0.5, 0.6) is 0 Å². The summed E-state index contributed by atoms with van der Waals surface area (Å²) in [6.45, 7) is 7.36. The first kappa shape index (κ1) is 19.0. The van der Waals surface area contributed by atoms with E-state index >= 15 is 0 Å². The number of ether oxygens (including phenoxy) is 1. The maximum Gasteiger partial charge on any atom is 0.0940 e. The molecule has 0 radical (unpaired) electrons. The predicted molar refractivity (Wildman–Crippen MR) is 90.6 cm³/mol. The summed E-state index contributed by atoms with van der Waals surface area (Å²) >= 11 is 0. The van der Waals surface area contributed by atoms with Crippen LogP contribution in [0.25, 0.3) is 0 Å². The van der Waals surface area contributed by atoms with Crippen molar-refractivity contribution in [1.29, 1.82) is 0 Å². The highest BCUT2D eigenvalue weighted by Gasteiger charge is 2.40. The van der Waals surface area contributed by atoms with Crippen LogP contribution in [0.15, 0.2) is 0 Å². The Balaban J connectivity index is 2.25. The summed E-state index contributed by atoms with van der Waals surface area (Å²) in [5, 5.41) is 10.7. The highest BCUT2D eigenvalue weighted by Crippen LogP contribution is 2.38. The van der Waals surface area contributed by atoms with Crippen LogP contribution in [-0.4, -0.2) is 23.4 Å². The molecule has 1 aliphatic carbocycles. The molecule has 1 aliphatic rings. The van der Waals surface area contributed by atoms with Gasteiger partial charge < -0.3 is 9.84 Å². The van der Waals surface area contributed by atoms with Crippen LogP contribution in [0.2, 0.25) is 0 Å². The van der Waals surface area contributed by atoms with Crippen molar-refractivity contribution < 1.29 is 9.84 Å². The van der Waals surface area contributed by atoms with Crippen molar-refractivity contribution in [3.8, 4) is 0 Å². The molecule has 1 unspecified atom stereocenters. The molecule has 0 bridgehead atoms. The summed E-state index contributed by atoms with van der Waals surface area (Å²) in [7, 11) is 0. The molecule has 1 fully saturated rings. The molecule has 1 rings (SSSR count). The summed E-state index contributed by atoms with van der Waals surface area (Å²) in [6.07, 6.45) is 14.3. The SMILES string of the molecule is CCCCCCCCCC(O)C1(OCC)CCC(C)CC1. The third-order valence-corrected chi connectivity index (χ3v) is 5.24. The Morgan fingerprint density at radius 2 is 1.57 bits per heavy atom. The van der Waals surface area contributed by atoms with Gasteiger partial charge in [-0.1, -0.05) is 58.8 Å². The average Bonchev–Trinajstić information content (AvgIpc) is 2.49. The lowest BCUT2D eigenvalue weighted by atomic mass is 9.75. The molecule has 1 saturated carbocycles. The zero-order valence-corrected chi connectivity index (χ0v) is 14.7. The molecule has 0 amide bonds. The second kappa shape index (κ2) is 10.6. The van der Waals surface area contributed by atoms with Gasteiger partial charge in [0, 0.05) is 6.61 Å². The van der Waals surface area contributed by atoms with Gasteiger partial charge in [0.05, 0.1) is 11.7 Å². The molecule has 0 saturated heterocycles. The second-order valence-corrected chi connectivity index (χ2v) is 7.11. The van der Waals surface area contributed by atoms with Gasteiger partial charge in [-0.3, -0.25) is 0 Å². The van der Waals surface area contributed by atoms with E-state index in [1.807, 2.05) is 0 Å². The standard InChI is InChI=1S/C19H38O2/c1-4-6-7-8-9-10-11-12-18(20)19(21-5-2)15-13-17(3)14-16-19/h17-18,20H,4-16H2,1-3H3. The molecule has 1 N–H and O–H groups in total. The predicted octanol–water partition coefficient (Wildman–Crippen LogP) is 5.47. The lowest BCUT2D eigenvalue weighted by molar-refractivity contribution is -0.146. The van der Waals surface area contributed by atoms with Crippen molar-refractivity contribution in [2.24, 2.45) is 5.92 Å². The van der Waals surface area contributed by atoms with Gasteiger partial charge in [-0.2, -0.15) is 0 Å². The van der Waals surface area contributed by atoms with Crippen LogP contribution in [0.3, 0.4) is 0 Å². The maximum atomic E-state index is 10.7. The summed E-state index contributed by atoms with van der Waals surface area (Å²) in [6, 6.07) is 0. The summed E-state index contributed by atoms with van der Waals surface area (Å²) < 4.78 is 6.04. The fourth-order valence-electron chi connectivity index (χ4n) is 3.67. The normalized spacial score (nSPS) is 27.7. The maximum absolute atomic E-state index is 10.7. The van der Waals surface area contributed by atoms with Gasteiger partial charge in [0.15, 0.2) is 0 Å². The molecule has 2 nitrogen and oxygen atoms in total. The average molecular weight is 299 g/mol. The molecule has 0 spiro atoms. The molecule has 126 valence electrons. The molecule has 2 heteroatoms. The van der Waals surface area contributed by atoms with Crippen molar-refractivity contribution in [2.45, 2.75) is 110 Å². The van der Waals surface area contributed by atoms with E-state index in [9.17, 15) is 5.11 Å². The number of rotatable bonds is 11. The van der Waals surface area contributed by atoms with E-state index < -0.39 is 0 Å². The minimum atomic E-state index is -0.263. The Hall–Kier alpha value is -0.0800. The highest BCUT2D eigenvalue weighted by molar-refractivity contribution is 4.92. The molecule has 0 aromatic rings. The minimum absolute atomic E-state index is 0.233. The van der Waals surface area contributed by atoms with E-state index in [0.717, 1.165) is 38.2 Å². The molecule has 0 heterocycles. The van der Waals surface area contributed by atoms with E-state index in [-0.39, 0.29) is 11.7 Å². The Morgan fingerprint density at radius 1 is 1.00 bits per heavy atom. The Labute approximate surface area is 132 Å². The number of hydrogen-bond acceptors (Lipinski definition) is 2. The van der Waals surface area contributed by atoms with Gasteiger partial charge in [0.25, 0.3) is 0 Å². The first-order chi connectivity index (χ1) is 10.1. The fourth-order valence-corrected chi connectivity index (χ4v) is 3.67. The van der Waals surface area contributed by atoms with Gasteiger partial charge >= 0.3 is 0 Å². The van der Waals surface area contributed by atoms with Crippen molar-refractivity contribution in [1.82, 2.24) is 0 Å². The molecule has 0 aromatic heterocycles. The Kier molecular flexibility index (Phi) is 9.59. The van der Waals surface area contributed by atoms with Crippen LogP contribution in [0.1, 0.15) is 97.8 Å². The Bertz CT molecular complexity index is 244. The van der Waals surface area contributed by atoms with Gasteiger partial charge in [0.1, 0.15) is 0 Å². The van der Waals surface area contributed by atoms with Crippen LogP contribution in [0, 0.1) is 5.92 Å². The third-order valence-electron chi connectivity index (χ3n) is 5.24. The molecule has 0 aliphatic heterocycles. The molecular formula is C19H38O2. The number of hydrogen-bond donors (Lipinski definition) is 1. The lowest BCUT2D eigenvalue weighted by Gasteiger charge is -2.42. The first-order valence-electron chi connectivity index (χ1n) is 9.46. The van der Waals surface area contributed by atoms with Crippen molar-refractivity contribution >= 4 is 0 Å². The van der Waals surface area contributed by atoms with Gasteiger partial charge in [0.2, 0.25) is 0 Å². The minimum Gasteiger partial charge on any atom is -0.390 e. The van der Waals surface area contributed by atoms with Crippen LogP contribution in [0.4, 0.5) is 0 Å². The zero-order valence-electron chi connectivity index (χ0n) is 14.7. The van der Waals surface area contributed by atoms with E-state index in [4.69, 9.17) is 4.74 Å².